The summed E-state index contributed by atoms with van der Waals surface area (Å²) in [5, 5.41) is 5.27. The Kier molecular flexibility index (Phi) is 3.10. The first kappa shape index (κ1) is 11.0. The van der Waals surface area contributed by atoms with Crippen LogP contribution in [0, 0.1) is 0 Å². The maximum Gasteiger partial charge on any atom is 0.0630 e. The molecule has 0 spiro atoms. The van der Waals surface area contributed by atoms with Gasteiger partial charge >= 0.3 is 0 Å². The van der Waals surface area contributed by atoms with Crippen molar-refractivity contribution < 1.29 is 0 Å². The van der Waals surface area contributed by atoms with E-state index < -0.39 is 0 Å². The molecule has 0 unspecified atom stereocenters. The van der Waals surface area contributed by atoms with Crippen molar-refractivity contribution in [2.24, 2.45) is 0 Å². The lowest BCUT2D eigenvalue weighted by Crippen LogP contribution is -2.03. The van der Waals surface area contributed by atoms with Gasteiger partial charge in [-0.3, -0.25) is 4.98 Å². The Morgan fingerprint density at radius 2 is 2.25 bits per heavy atom. The van der Waals surface area contributed by atoms with Crippen LogP contribution in [0.3, 0.4) is 0 Å². The van der Waals surface area contributed by atoms with Crippen LogP contribution in [0.1, 0.15) is 0 Å². The van der Waals surface area contributed by atoms with Gasteiger partial charge in [0.25, 0.3) is 0 Å². The van der Waals surface area contributed by atoms with Crippen molar-refractivity contribution in [1.29, 1.82) is 0 Å². The lowest BCUT2D eigenvalue weighted by Gasteiger charge is -2.10. The SMILES string of the molecule is C=C(Br)CNc1ccc2cnccc2c1N. The van der Waals surface area contributed by atoms with Crippen molar-refractivity contribution in [1.82, 2.24) is 4.98 Å². The van der Waals surface area contributed by atoms with Gasteiger partial charge in [-0.25, -0.2) is 0 Å². The lowest BCUT2D eigenvalue weighted by molar-refractivity contribution is 1.33. The van der Waals surface area contributed by atoms with Crippen molar-refractivity contribution in [3.05, 3.63) is 41.7 Å². The number of hydrogen-bond donors (Lipinski definition) is 2. The van der Waals surface area contributed by atoms with Gasteiger partial charge < -0.3 is 11.1 Å². The minimum Gasteiger partial charge on any atom is -0.397 e. The zero-order chi connectivity index (χ0) is 11.5. The van der Waals surface area contributed by atoms with Crippen LogP contribution < -0.4 is 11.1 Å². The maximum atomic E-state index is 6.07. The third-order valence-electron chi connectivity index (χ3n) is 2.33. The molecule has 2 rings (SSSR count). The summed E-state index contributed by atoms with van der Waals surface area (Å²) in [4.78, 5) is 4.06. The number of nitrogen functional groups attached to an aromatic ring is 1. The monoisotopic (exact) mass is 277 g/mol. The molecule has 0 aliphatic carbocycles. The number of hydrogen-bond acceptors (Lipinski definition) is 3. The number of rotatable bonds is 3. The summed E-state index contributed by atoms with van der Waals surface area (Å²) in [5.41, 5.74) is 7.73. The smallest absolute Gasteiger partial charge is 0.0630 e. The molecule has 0 aliphatic heterocycles. The van der Waals surface area contributed by atoms with Crippen molar-refractivity contribution in [2.75, 3.05) is 17.6 Å². The van der Waals surface area contributed by atoms with Crippen molar-refractivity contribution in [3.8, 4) is 0 Å². The standard InChI is InChI=1S/C12H12BrN3/c1-8(13)6-16-11-3-2-9-7-15-5-4-10(9)12(11)14/h2-5,7,16H,1,6,14H2. The molecule has 0 radical (unpaired) electrons. The van der Waals surface area contributed by atoms with Crippen LogP contribution in [0.5, 0.6) is 0 Å². The van der Waals surface area contributed by atoms with Gasteiger partial charge in [-0.05, 0) is 12.1 Å². The second-order valence-electron chi connectivity index (χ2n) is 3.49. The molecule has 0 saturated heterocycles. The third-order valence-corrected chi connectivity index (χ3v) is 2.61. The van der Waals surface area contributed by atoms with E-state index in [4.69, 9.17) is 5.73 Å². The number of pyridine rings is 1. The molecule has 4 heteroatoms. The molecule has 1 heterocycles. The lowest BCUT2D eigenvalue weighted by atomic mass is 10.1. The maximum absolute atomic E-state index is 6.07. The van der Waals surface area contributed by atoms with E-state index in [-0.39, 0.29) is 0 Å². The molecule has 1 aromatic heterocycles. The normalized spacial score (nSPS) is 10.3. The minimum absolute atomic E-state index is 0.654. The van der Waals surface area contributed by atoms with Crippen LogP contribution in [0.15, 0.2) is 41.7 Å². The van der Waals surface area contributed by atoms with E-state index in [1.165, 1.54) is 0 Å². The highest BCUT2D eigenvalue weighted by molar-refractivity contribution is 9.11. The molecule has 0 saturated carbocycles. The molecule has 16 heavy (non-hydrogen) atoms. The number of benzene rings is 1. The first-order valence-electron chi connectivity index (χ1n) is 4.88. The molecule has 0 aliphatic rings. The molecule has 0 amide bonds. The zero-order valence-corrected chi connectivity index (χ0v) is 10.3. The van der Waals surface area contributed by atoms with E-state index in [9.17, 15) is 0 Å². The van der Waals surface area contributed by atoms with Crippen LogP contribution in [0.4, 0.5) is 11.4 Å². The van der Waals surface area contributed by atoms with Gasteiger partial charge in [0.05, 0.1) is 11.4 Å². The van der Waals surface area contributed by atoms with Crippen LogP contribution >= 0.6 is 15.9 Å². The van der Waals surface area contributed by atoms with Gasteiger partial charge in [-0.15, -0.1) is 0 Å². The number of nitrogens with one attached hydrogen (secondary N) is 1. The number of nitrogens with zero attached hydrogens (tertiary/aromatic N) is 1. The first-order valence-corrected chi connectivity index (χ1v) is 5.67. The van der Waals surface area contributed by atoms with Gasteiger partial charge in [-0.1, -0.05) is 28.6 Å². The molecule has 0 bridgehead atoms. The molecule has 2 aromatic rings. The van der Waals surface area contributed by atoms with Gasteiger partial charge in [-0.2, -0.15) is 0 Å². The summed E-state index contributed by atoms with van der Waals surface area (Å²) >= 11 is 3.30. The van der Waals surface area contributed by atoms with E-state index in [1.54, 1.807) is 12.4 Å². The fraction of sp³-hybridized carbons (Fsp3) is 0.0833. The fourth-order valence-electron chi connectivity index (χ4n) is 1.54. The summed E-state index contributed by atoms with van der Waals surface area (Å²) in [6.07, 6.45) is 3.55. The summed E-state index contributed by atoms with van der Waals surface area (Å²) in [6, 6.07) is 5.87. The van der Waals surface area contributed by atoms with E-state index in [0.29, 0.717) is 6.54 Å². The van der Waals surface area contributed by atoms with Crippen molar-refractivity contribution in [3.63, 3.8) is 0 Å². The van der Waals surface area contributed by atoms with Gasteiger partial charge in [0.15, 0.2) is 0 Å². The molecule has 82 valence electrons. The Balaban J connectivity index is 2.40. The Hall–Kier alpha value is -1.55. The molecule has 1 aromatic carbocycles. The minimum atomic E-state index is 0.654. The average Bonchev–Trinajstić information content (AvgIpc) is 2.28. The Morgan fingerprint density at radius 1 is 1.44 bits per heavy atom. The van der Waals surface area contributed by atoms with Gasteiger partial charge in [0.1, 0.15) is 0 Å². The molecular weight excluding hydrogens is 266 g/mol. The second kappa shape index (κ2) is 4.53. The van der Waals surface area contributed by atoms with Gasteiger partial charge in [0, 0.05) is 34.2 Å². The van der Waals surface area contributed by atoms with E-state index >= 15 is 0 Å². The molecule has 3 N–H and O–H groups in total. The summed E-state index contributed by atoms with van der Waals surface area (Å²) in [5.74, 6) is 0. The quantitative estimate of drug-likeness (QED) is 0.848. The number of halogens is 1. The van der Waals surface area contributed by atoms with Crippen molar-refractivity contribution in [2.45, 2.75) is 0 Å². The third kappa shape index (κ3) is 2.17. The highest BCUT2D eigenvalue weighted by atomic mass is 79.9. The number of fused-ring (bicyclic) bond motifs is 1. The summed E-state index contributed by atoms with van der Waals surface area (Å²) < 4.78 is 0.890. The molecule has 0 atom stereocenters. The Morgan fingerprint density at radius 3 is 3.00 bits per heavy atom. The Labute approximate surface area is 102 Å². The van der Waals surface area contributed by atoms with Gasteiger partial charge in [0.2, 0.25) is 0 Å². The van der Waals surface area contributed by atoms with E-state index in [1.807, 2.05) is 18.2 Å². The van der Waals surface area contributed by atoms with Crippen LogP contribution in [0.25, 0.3) is 10.8 Å². The molecule has 3 nitrogen and oxygen atoms in total. The highest BCUT2D eigenvalue weighted by Crippen LogP contribution is 2.28. The van der Waals surface area contributed by atoms with Crippen molar-refractivity contribution >= 4 is 38.1 Å². The predicted molar refractivity (Wildman–Crippen MR) is 72.7 cm³/mol. The zero-order valence-electron chi connectivity index (χ0n) is 8.70. The Bertz CT molecular complexity index is 537. The van der Waals surface area contributed by atoms with E-state index in [2.05, 4.69) is 32.8 Å². The largest absolute Gasteiger partial charge is 0.397 e. The average molecular weight is 278 g/mol. The topological polar surface area (TPSA) is 50.9 Å². The summed E-state index contributed by atoms with van der Waals surface area (Å²) in [7, 11) is 0. The fourth-order valence-corrected chi connectivity index (χ4v) is 1.68. The number of anilines is 2. The second-order valence-corrected chi connectivity index (χ2v) is 4.62. The molecule has 0 fully saturated rings. The van der Waals surface area contributed by atoms with Crippen LogP contribution in [0.2, 0.25) is 0 Å². The molecular formula is C12H12BrN3. The predicted octanol–water partition coefficient (Wildman–Crippen LogP) is 3.14. The number of nitrogens with two attached hydrogens (primary N) is 1. The van der Waals surface area contributed by atoms with Crippen LogP contribution in [-0.2, 0) is 0 Å². The van der Waals surface area contributed by atoms with E-state index in [0.717, 1.165) is 26.6 Å². The van der Waals surface area contributed by atoms with Crippen LogP contribution in [-0.4, -0.2) is 11.5 Å². The summed E-state index contributed by atoms with van der Waals surface area (Å²) in [6.45, 7) is 4.42. The number of aromatic nitrogens is 1. The highest BCUT2D eigenvalue weighted by Gasteiger charge is 2.03. The first-order chi connectivity index (χ1) is 7.68.